The molecule has 0 saturated heterocycles. The van der Waals surface area contributed by atoms with Crippen LogP contribution in [0.3, 0.4) is 0 Å². The van der Waals surface area contributed by atoms with Crippen LogP contribution in [0.15, 0.2) is 54.7 Å². The van der Waals surface area contributed by atoms with Crippen LogP contribution in [0.2, 0.25) is 0 Å². The molecule has 1 aliphatic rings. The fourth-order valence-corrected chi connectivity index (χ4v) is 3.14. The number of hydrogen-bond donors (Lipinski definition) is 1. The molecule has 3 aromatic rings. The van der Waals surface area contributed by atoms with Crippen LogP contribution in [0.4, 0.5) is 0 Å². The fraction of sp³-hybridized carbons (Fsp3) is 0.261. The summed E-state index contributed by atoms with van der Waals surface area (Å²) in [6, 6.07) is 14.9. The van der Waals surface area contributed by atoms with E-state index in [1.165, 1.54) is 7.11 Å². The standard InChI is InChI=1S/C23H23N3O5/c1-29-19-11-8-15(12-20(19)30-2)22-18(13-26(25-22)17-6-4-3-5-7-17)23(28)31-14-21(27)24-16-9-10-16/h3-8,11-13,16H,9-10,14H2,1-2H3,(H,24,27). The van der Waals surface area contributed by atoms with Crippen molar-refractivity contribution in [1.82, 2.24) is 15.1 Å². The number of aromatic nitrogens is 2. The van der Waals surface area contributed by atoms with E-state index in [0.717, 1.165) is 18.5 Å². The van der Waals surface area contributed by atoms with E-state index in [-0.39, 0.29) is 24.1 Å². The molecule has 1 saturated carbocycles. The lowest BCUT2D eigenvalue weighted by molar-refractivity contribution is -0.124. The molecule has 4 rings (SSSR count). The molecule has 2 aromatic carbocycles. The highest BCUT2D eigenvalue weighted by molar-refractivity contribution is 5.97. The zero-order valence-electron chi connectivity index (χ0n) is 17.3. The first kappa shape index (κ1) is 20.5. The lowest BCUT2D eigenvalue weighted by atomic mass is 10.1. The second-order valence-electron chi connectivity index (χ2n) is 7.16. The molecule has 1 aliphatic carbocycles. The third kappa shape index (κ3) is 4.69. The van der Waals surface area contributed by atoms with E-state index in [9.17, 15) is 9.59 Å². The Morgan fingerprint density at radius 2 is 1.81 bits per heavy atom. The summed E-state index contributed by atoms with van der Waals surface area (Å²) in [5, 5.41) is 7.41. The SMILES string of the molecule is COc1ccc(-c2nn(-c3ccccc3)cc2C(=O)OCC(=O)NC2CC2)cc1OC. The number of nitrogens with zero attached hydrogens (tertiary/aromatic N) is 2. The largest absolute Gasteiger partial charge is 0.493 e. The van der Waals surface area contributed by atoms with Crippen LogP contribution < -0.4 is 14.8 Å². The average molecular weight is 421 g/mol. The number of para-hydroxylation sites is 1. The minimum absolute atomic E-state index is 0.203. The normalized spacial score (nSPS) is 12.8. The van der Waals surface area contributed by atoms with E-state index in [0.29, 0.717) is 22.8 Å². The molecular formula is C23H23N3O5. The number of carbonyl (C=O) groups is 2. The van der Waals surface area contributed by atoms with Crippen molar-refractivity contribution in [2.45, 2.75) is 18.9 Å². The number of nitrogens with one attached hydrogen (secondary N) is 1. The second-order valence-corrected chi connectivity index (χ2v) is 7.16. The number of carbonyl (C=O) groups excluding carboxylic acids is 2. The van der Waals surface area contributed by atoms with E-state index in [1.807, 2.05) is 30.3 Å². The molecule has 0 radical (unpaired) electrons. The third-order valence-electron chi connectivity index (χ3n) is 4.89. The number of benzene rings is 2. The molecule has 31 heavy (non-hydrogen) atoms. The van der Waals surface area contributed by atoms with Crippen molar-refractivity contribution in [1.29, 1.82) is 0 Å². The zero-order chi connectivity index (χ0) is 21.8. The Morgan fingerprint density at radius 1 is 1.06 bits per heavy atom. The molecule has 160 valence electrons. The van der Waals surface area contributed by atoms with Crippen LogP contribution >= 0.6 is 0 Å². The lowest BCUT2D eigenvalue weighted by Crippen LogP contribution is -2.30. The minimum Gasteiger partial charge on any atom is -0.493 e. The van der Waals surface area contributed by atoms with E-state index in [2.05, 4.69) is 10.4 Å². The van der Waals surface area contributed by atoms with Crippen LogP contribution in [-0.4, -0.2) is 48.5 Å². The first-order chi connectivity index (χ1) is 15.1. The van der Waals surface area contributed by atoms with E-state index >= 15 is 0 Å². The van der Waals surface area contributed by atoms with Gasteiger partial charge in [0.05, 0.1) is 19.9 Å². The summed E-state index contributed by atoms with van der Waals surface area (Å²) in [6.07, 6.45) is 3.53. The molecule has 1 heterocycles. The van der Waals surface area contributed by atoms with Crippen LogP contribution in [0.1, 0.15) is 23.2 Å². The number of esters is 1. The van der Waals surface area contributed by atoms with Crippen molar-refractivity contribution in [2.24, 2.45) is 0 Å². The Hall–Kier alpha value is -3.81. The van der Waals surface area contributed by atoms with E-state index < -0.39 is 5.97 Å². The minimum atomic E-state index is -0.627. The molecule has 0 unspecified atom stereocenters. The zero-order valence-corrected chi connectivity index (χ0v) is 17.3. The number of methoxy groups -OCH3 is 2. The Labute approximate surface area is 179 Å². The van der Waals surface area contributed by atoms with Gasteiger partial charge in [0.25, 0.3) is 5.91 Å². The highest BCUT2D eigenvalue weighted by Crippen LogP contribution is 2.33. The van der Waals surface area contributed by atoms with Crippen LogP contribution in [0, 0.1) is 0 Å². The van der Waals surface area contributed by atoms with Crippen LogP contribution in [0.25, 0.3) is 16.9 Å². The Bertz CT molecular complexity index is 1090. The number of ether oxygens (including phenoxy) is 3. The van der Waals surface area contributed by atoms with Crippen molar-refractivity contribution >= 4 is 11.9 Å². The average Bonchev–Trinajstić information content (AvgIpc) is 3.50. The summed E-state index contributed by atoms with van der Waals surface area (Å²) in [6.45, 7) is -0.336. The van der Waals surface area contributed by atoms with Gasteiger partial charge in [-0.05, 0) is 43.2 Å². The molecule has 8 heteroatoms. The van der Waals surface area contributed by atoms with Gasteiger partial charge in [-0.15, -0.1) is 0 Å². The summed E-state index contributed by atoms with van der Waals surface area (Å²) in [4.78, 5) is 24.8. The summed E-state index contributed by atoms with van der Waals surface area (Å²) in [7, 11) is 3.09. The smallest absolute Gasteiger partial charge is 0.342 e. The van der Waals surface area contributed by atoms with Gasteiger partial charge in [0, 0.05) is 17.8 Å². The van der Waals surface area contributed by atoms with Gasteiger partial charge < -0.3 is 19.5 Å². The van der Waals surface area contributed by atoms with Crippen molar-refractivity contribution < 1.29 is 23.8 Å². The highest BCUT2D eigenvalue weighted by atomic mass is 16.5. The molecule has 1 aromatic heterocycles. The summed E-state index contributed by atoms with van der Waals surface area (Å²) >= 11 is 0. The highest BCUT2D eigenvalue weighted by Gasteiger charge is 2.25. The first-order valence-corrected chi connectivity index (χ1v) is 9.93. The fourth-order valence-electron chi connectivity index (χ4n) is 3.14. The van der Waals surface area contributed by atoms with Gasteiger partial charge >= 0.3 is 5.97 Å². The van der Waals surface area contributed by atoms with Gasteiger partial charge in [0.15, 0.2) is 18.1 Å². The molecule has 1 amide bonds. The summed E-state index contributed by atoms with van der Waals surface area (Å²) in [5.74, 6) is 0.142. The number of hydrogen-bond acceptors (Lipinski definition) is 6. The van der Waals surface area contributed by atoms with Gasteiger partial charge in [-0.3, -0.25) is 4.79 Å². The maximum Gasteiger partial charge on any atom is 0.342 e. The number of amides is 1. The Balaban J connectivity index is 1.66. The Morgan fingerprint density at radius 3 is 2.48 bits per heavy atom. The molecule has 0 atom stereocenters. The molecule has 0 spiro atoms. The molecule has 0 bridgehead atoms. The third-order valence-corrected chi connectivity index (χ3v) is 4.89. The van der Waals surface area contributed by atoms with Crippen molar-refractivity contribution in [3.63, 3.8) is 0 Å². The van der Waals surface area contributed by atoms with Gasteiger partial charge in [0.1, 0.15) is 11.3 Å². The van der Waals surface area contributed by atoms with Gasteiger partial charge in [-0.2, -0.15) is 5.10 Å². The second kappa shape index (κ2) is 8.91. The summed E-state index contributed by atoms with van der Waals surface area (Å²) < 4.78 is 17.6. The topological polar surface area (TPSA) is 91.7 Å². The molecule has 0 aliphatic heterocycles. The van der Waals surface area contributed by atoms with Crippen LogP contribution in [-0.2, 0) is 9.53 Å². The maximum atomic E-state index is 12.9. The molecule has 1 N–H and O–H groups in total. The summed E-state index contributed by atoms with van der Waals surface area (Å²) in [5.41, 5.74) is 2.10. The van der Waals surface area contributed by atoms with Crippen molar-refractivity contribution in [3.05, 3.63) is 60.3 Å². The molecular weight excluding hydrogens is 398 g/mol. The van der Waals surface area contributed by atoms with Gasteiger partial charge in [0.2, 0.25) is 0 Å². The lowest BCUT2D eigenvalue weighted by Gasteiger charge is -2.09. The first-order valence-electron chi connectivity index (χ1n) is 9.93. The predicted molar refractivity (Wildman–Crippen MR) is 114 cm³/mol. The maximum absolute atomic E-state index is 12.9. The van der Waals surface area contributed by atoms with Gasteiger partial charge in [-0.25, -0.2) is 9.48 Å². The van der Waals surface area contributed by atoms with Crippen molar-refractivity contribution in [3.8, 4) is 28.4 Å². The van der Waals surface area contributed by atoms with Crippen molar-refractivity contribution in [2.75, 3.05) is 20.8 Å². The monoisotopic (exact) mass is 421 g/mol. The number of rotatable bonds is 8. The van der Waals surface area contributed by atoms with Crippen LogP contribution in [0.5, 0.6) is 11.5 Å². The van der Waals surface area contributed by atoms with E-state index in [1.54, 1.807) is 36.2 Å². The van der Waals surface area contributed by atoms with Gasteiger partial charge in [-0.1, -0.05) is 18.2 Å². The molecule has 1 fully saturated rings. The van der Waals surface area contributed by atoms with E-state index in [4.69, 9.17) is 14.2 Å². The Kier molecular flexibility index (Phi) is 5.88. The predicted octanol–water partition coefficient (Wildman–Crippen LogP) is 2.99. The quantitative estimate of drug-likeness (QED) is 0.562. The molecule has 8 nitrogen and oxygen atoms in total.